The number of urea groups is 1. The number of amides is 2. The summed E-state index contributed by atoms with van der Waals surface area (Å²) in [6.45, 7) is 1.61. The highest BCUT2D eigenvalue weighted by Gasteiger charge is 2.11. The summed E-state index contributed by atoms with van der Waals surface area (Å²) in [6, 6.07) is 12.2. The normalized spacial score (nSPS) is 10.4. The molecule has 10 heteroatoms. The summed E-state index contributed by atoms with van der Waals surface area (Å²) in [5.41, 5.74) is 6.71. The van der Waals surface area contributed by atoms with E-state index >= 15 is 0 Å². The minimum absolute atomic E-state index is 0.0751. The number of benzene rings is 2. The van der Waals surface area contributed by atoms with Crippen molar-refractivity contribution in [2.75, 3.05) is 23.7 Å². The van der Waals surface area contributed by atoms with E-state index in [1.54, 1.807) is 30.3 Å². The van der Waals surface area contributed by atoms with E-state index < -0.39 is 17.4 Å². The molecule has 0 atom stereocenters. The summed E-state index contributed by atoms with van der Waals surface area (Å²) in [5, 5.41) is 17.0. The van der Waals surface area contributed by atoms with E-state index in [0.29, 0.717) is 42.0 Å². The number of hydrogen-bond acceptors (Lipinski definition) is 6. The summed E-state index contributed by atoms with van der Waals surface area (Å²) in [4.78, 5) is 31.1. The molecule has 0 spiro atoms. The first kappa shape index (κ1) is 22.6. The van der Waals surface area contributed by atoms with Crippen LogP contribution in [0.25, 0.3) is 11.1 Å². The maximum Gasteiger partial charge on any atom is 0.326 e. The molecule has 9 nitrogen and oxygen atoms in total. The molecule has 1 aromatic heterocycles. The maximum absolute atomic E-state index is 14.4. The Labute approximate surface area is 183 Å². The van der Waals surface area contributed by atoms with Gasteiger partial charge in [0.25, 0.3) is 5.56 Å². The second kappa shape index (κ2) is 10.8. The lowest BCUT2D eigenvalue weighted by Gasteiger charge is -2.09. The van der Waals surface area contributed by atoms with Crippen LogP contribution in [0.15, 0.2) is 53.5 Å². The van der Waals surface area contributed by atoms with Gasteiger partial charge in [0.1, 0.15) is 5.82 Å². The maximum atomic E-state index is 14.4. The number of hydrogen-bond donors (Lipinski definition) is 5. The van der Waals surface area contributed by atoms with Crippen molar-refractivity contribution in [2.45, 2.75) is 13.0 Å². The van der Waals surface area contributed by atoms with Crippen molar-refractivity contribution in [1.29, 1.82) is 5.26 Å². The van der Waals surface area contributed by atoms with Gasteiger partial charge in [-0.1, -0.05) is 18.2 Å². The Morgan fingerprint density at radius 1 is 1.22 bits per heavy atom. The Kier molecular flexibility index (Phi) is 7.64. The second-order valence-corrected chi connectivity index (χ2v) is 6.87. The second-order valence-electron chi connectivity index (χ2n) is 6.87. The van der Waals surface area contributed by atoms with E-state index in [1.165, 1.54) is 18.3 Å². The Bertz CT molecular complexity index is 1200. The van der Waals surface area contributed by atoms with E-state index in [0.717, 1.165) is 6.42 Å². The molecule has 1 heterocycles. The minimum Gasteiger partial charge on any atom is -0.330 e. The highest BCUT2D eigenvalue weighted by Crippen LogP contribution is 2.19. The number of anilines is 2. The summed E-state index contributed by atoms with van der Waals surface area (Å²) in [6.07, 6.45) is 2.06. The Hall–Kier alpha value is -4.07. The monoisotopic (exact) mass is 435 g/mol. The van der Waals surface area contributed by atoms with Crippen molar-refractivity contribution in [3.63, 3.8) is 0 Å². The molecule has 0 bridgehead atoms. The van der Waals surface area contributed by atoms with Crippen LogP contribution in [-0.4, -0.2) is 29.1 Å². The van der Waals surface area contributed by atoms with E-state index in [-0.39, 0.29) is 11.5 Å². The predicted molar refractivity (Wildman–Crippen MR) is 119 cm³/mol. The minimum atomic E-state index is -0.645. The largest absolute Gasteiger partial charge is 0.330 e. The number of carbonyl (C=O) groups excluding carboxylic acids is 1. The first-order chi connectivity index (χ1) is 15.5. The average Bonchev–Trinajstić information content (AvgIpc) is 2.78. The zero-order valence-corrected chi connectivity index (χ0v) is 17.1. The zero-order chi connectivity index (χ0) is 22.9. The van der Waals surface area contributed by atoms with E-state index in [2.05, 4.69) is 25.9 Å². The number of nitrogens with two attached hydrogens (primary N) is 1. The molecule has 6 N–H and O–H groups in total. The Morgan fingerprint density at radius 3 is 2.78 bits per heavy atom. The fraction of sp³-hybridized carbons (Fsp3) is 0.182. The number of nitrogens with zero attached hydrogens (tertiary/aromatic N) is 2. The lowest BCUT2D eigenvalue weighted by atomic mass is 10.1. The van der Waals surface area contributed by atoms with Crippen LogP contribution in [0.1, 0.15) is 17.5 Å². The van der Waals surface area contributed by atoms with Crippen molar-refractivity contribution in [3.05, 3.63) is 76.0 Å². The van der Waals surface area contributed by atoms with Gasteiger partial charge in [-0.3, -0.25) is 15.1 Å². The molecule has 0 fully saturated rings. The predicted octanol–water partition coefficient (Wildman–Crippen LogP) is 2.53. The molecule has 0 radical (unpaired) electrons. The van der Waals surface area contributed by atoms with Crippen molar-refractivity contribution >= 4 is 17.7 Å². The van der Waals surface area contributed by atoms with Gasteiger partial charge in [0.2, 0.25) is 5.95 Å². The SMILES string of the molecule is N#Cc1cccc(NC(=O)Nc2ncc(-c3ccc(CNCCCN)c(F)c3)c(=O)[nH]2)c1. The van der Waals surface area contributed by atoms with Gasteiger partial charge in [-0.2, -0.15) is 5.26 Å². The standard InChI is InChI=1S/C22H22FN7O2/c23-19-10-15(5-6-16(19)12-26-8-2-7-24)18-13-27-21(29-20(18)31)30-22(32)28-17-4-1-3-14(9-17)11-25/h1,3-6,9-10,13,26H,2,7-8,12,24H2,(H3,27,28,29,30,31,32). The molecular weight excluding hydrogens is 413 g/mol. The van der Waals surface area contributed by atoms with Gasteiger partial charge in [0.05, 0.1) is 17.2 Å². The molecule has 0 saturated heterocycles. The third-order valence-electron chi connectivity index (χ3n) is 4.52. The van der Waals surface area contributed by atoms with Gasteiger partial charge in [-0.15, -0.1) is 0 Å². The smallest absolute Gasteiger partial charge is 0.326 e. The van der Waals surface area contributed by atoms with E-state index in [4.69, 9.17) is 11.0 Å². The molecule has 2 amide bonds. The number of aromatic nitrogens is 2. The van der Waals surface area contributed by atoms with Crippen LogP contribution in [0.5, 0.6) is 0 Å². The highest BCUT2D eigenvalue weighted by atomic mass is 19.1. The van der Waals surface area contributed by atoms with Crippen molar-refractivity contribution in [2.24, 2.45) is 5.73 Å². The van der Waals surface area contributed by atoms with Crippen LogP contribution in [-0.2, 0) is 6.54 Å². The van der Waals surface area contributed by atoms with Gasteiger partial charge >= 0.3 is 6.03 Å². The summed E-state index contributed by atoms with van der Waals surface area (Å²) < 4.78 is 14.4. The fourth-order valence-electron chi connectivity index (χ4n) is 2.91. The molecular formula is C22H22FN7O2. The molecule has 0 saturated carbocycles. The lowest BCUT2D eigenvalue weighted by Crippen LogP contribution is -2.23. The van der Waals surface area contributed by atoms with Crippen LogP contribution >= 0.6 is 0 Å². The molecule has 164 valence electrons. The molecule has 32 heavy (non-hydrogen) atoms. The van der Waals surface area contributed by atoms with Crippen molar-refractivity contribution < 1.29 is 9.18 Å². The topological polar surface area (TPSA) is 149 Å². The first-order valence-corrected chi connectivity index (χ1v) is 9.87. The first-order valence-electron chi connectivity index (χ1n) is 9.87. The van der Waals surface area contributed by atoms with E-state index in [9.17, 15) is 14.0 Å². The van der Waals surface area contributed by atoms with Crippen molar-refractivity contribution in [3.8, 4) is 17.2 Å². The fourth-order valence-corrected chi connectivity index (χ4v) is 2.91. The zero-order valence-electron chi connectivity index (χ0n) is 17.1. The summed E-state index contributed by atoms with van der Waals surface area (Å²) in [7, 11) is 0. The number of aromatic amines is 1. The molecule has 0 unspecified atom stereocenters. The number of nitriles is 1. The van der Waals surface area contributed by atoms with Crippen LogP contribution in [0, 0.1) is 17.1 Å². The van der Waals surface area contributed by atoms with Gasteiger partial charge < -0.3 is 16.4 Å². The molecule has 0 aliphatic heterocycles. The van der Waals surface area contributed by atoms with Gasteiger partial charge in [0, 0.05) is 24.0 Å². The van der Waals surface area contributed by atoms with Gasteiger partial charge in [-0.05, 0) is 49.3 Å². The average molecular weight is 435 g/mol. The lowest BCUT2D eigenvalue weighted by molar-refractivity contribution is 0.262. The third kappa shape index (κ3) is 5.98. The van der Waals surface area contributed by atoms with Gasteiger partial charge in [-0.25, -0.2) is 14.2 Å². The number of H-pyrrole nitrogens is 1. The number of nitrogens with one attached hydrogen (secondary N) is 4. The van der Waals surface area contributed by atoms with Crippen LogP contribution in [0.2, 0.25) is 0 Å². The van der Waals surface area contributed by atoms with Crippen LogP contribution in [0.3, 0.4) is 0 Å². The molecule has 0 aliphatic rings. The summed E-state index contributed by atoms with van der Waals surface area (Å²) >= 11 is 0. The van der Waals surface area contributed by atoms with Crippen LogP contribution in [0.4, 0.5) is 20.8 Å². The van der Waals surface area contributed by atoms with Gasteiger partial charge in [0.15, 0.2) is 0 Å². The summed E-state index contributed by atoms with van der Waals surface area (Å²) in [5.74, 6) is -0.516. The van der Waals surface area contributed by atoms with Crippen LogP contribution < -0.4 is 27.2 Å². The Morgan fingerprint density at radius 2 is 2.06 bits per heavy atom. The number of carbonyl (C=O) groups is 1. The highest BCUT2D eigenvalue weighted by molar-refractivity contribution is 5.98. The Balaban J connectivity index is 1.67. The number of halogens is 1. The molecule has 0 aliphatic carbocycles. The van der Waals surface area contributed by atoms with E-state index in [1.807, 2.05) is 6.07 Å². The molecule has 3 rings (SSSR count). The number of rotatable bonds is 8. The third-order valence-corrected chi connectivity index (χ3v) is 4.52. The quantitative estimate of drug-likeness (QED) is 0.343. The molecule has 2 aromatic carbocycles. The van der Waals surface area contributed by atoms with Crippen molar-refractivity contribution in [1.82, 2.24) is 15.3 Å². The molecule has 3 aromatic rings.